The lowest BCUT2D eigenvalue weighted by molar-refractivity contribution is 0.0957. The van der Waals surface area contributed by atoms with E-state index in [2.05, 4.69) is 39.1 Å². The summed E-state index contributed by atoms with van der Waals surface area (Å²) in [6.07, 6.45) is 4.88. The molecule has 3 heterocycles. The molecule has 0 radical (unpaired) electrons. The molecule has 10 heteroatoms. The van der Waals surface area contributed by atoms with Gasteiger partial charge >= 0.3 is 0 Å². The molecule has 7 nitrogen and oxygen atoms in total. The van der Waals surface area contributed by atoms with Crippen LogP contribution in [0, 0.1) is 35.2 Å². The van der Waals surface area contributed by atoms with E-state index in [9.17, 15) is 22.8 Å². The zero-order valence-electron chi connectivity index (χ0n) is 23.3. The van der Waals surface area contributed by atoms with Crippen molar-refractivity contribution in [2.24, 2.45) is 5.92 Å². The number of hydrogen-bond acceptors (Lipinski definition) is 5. The summed E-state index contributed by atoms with van der Waals surface area (Å²) in [7, 11) is 2.13. The molecule has 2 aromatic carbocycles. The fourth-order valence-electron chi connectivity index (χ4n) is 4.47. The Morgan fingerprint density at radius 3 is 2.64 bits per heavy atom. The molecule has 0 spiro atoms. The summed E-state index contributed by atoms with van der Waals surface area (Å²) >= 11 is 0. The van der Waals surface area contributed by atoms with E-state index in [-0.39, 0.29) is 12.1 Å². The van der Waals surface area contributed by atoms with E-state index in [4.69, 9.17) is 4.74 Å². The molecule has 1 aliphatic rings. The van der Waals surface area contributed by atoms with Gasteiger partial charge in [0.05, 0.1) is 18.7 Å². The van der Waals surface area contributed by atoms with E-state index in [0.29, 0.717) is 24.5 Å². The van der Waals surface area contributed by atoms with Crippen LogP contribution in [0.15, 0.2) is 65.7 Å². The summed E-state index contributed by atoms with van der Waals surface area (Å²) in [4.78, 5) is 32.9. The van der Waals surface area contributed by atoms with Gasteiger partial charge in [0.25, 0.3) is 11.5 Å². The van der Waals surface area contributed by atoms with Crippen LogP contribution >= 0.6 is 0 Å². The topological polar surface area (TPSA) is 87.3 Å². The number of carbonyl (C=O) groups is 1. The molecule has 1 aliphatic heterocycles. The first-order chi connectivity index (χ1) is 20.2. The van der Waals surface area contributed by atoms with Crippen molar-refractivity contribution in [2.75, 3.05) is 33.3 Å². The highest BCUT2D eigenvalue weighted by Gasteiger charge is 2.20. The van der Waals surface area contributed by atoms with Gasteiger partial charge < -0.3 is 19.9 Å². The molecular weight excluding hydrogens is 545 g/mol. The zero-order valence-corrected chi connectivity index (χ0v) is 23.3. The maximum absolute atomic E-state index is 12.4. The third kappa shape index (κ3) is 7.98. The Kier molecular flexibility index (Phi) is 10.3. The predicted molar refractivity (Wildman–Crippen MR) is 155 cm³/mol. The molecule has 1 unspecified atom stereocenters. The van der Waals surface area contributed by atoms with Gasteiger partial charge in [-0.15, -0.1) is 0 Å². The minimum absolute atomic E-state index is 0.0660. The highest BCUT2D eigenvalue weighted by molar-refractivity contribution is 5.93. The number of benzene rings is 2. The minimum Gasteiger partial charge on any atom is -0.492 e. The van der Waals surface area contributed by atoms with Gasteiger partial charge in [-0.25, -0.2) is 13.2 Å². The smallest absolute Gasteiger partial charge is 0.260 e. The zero-order chi connectivity index (χ0) is 30.1. The number of nitrogens with zero attached hydrogens (tertiary/aromatic N) is 2. The van der Waals surface area contributed by atoms with Crippen LogP contribution in [0.5, 0.6) is 5.75 Å². The maximum atomic E-state index is 12.4. The van der Waals surface area contributed by atoms with Gasteiger partial charge in [-0.1, -0.05) is 18.8 Å². The van der Waals surface area contributed by atoms with E-state index in [1.807, 2.05) is 24.3 Å². The van der Waals surface area contributed by atoms with E-state index in [1.54, 1.807) is 19.2 Å². The Hall–Kier alpha value is -4.62. The normalized spacial score (nSPS) is 14.5. The molecular formula is C32H31F3N4O3. The fraction of sp³-hybridized carbons (Fsp3) is 0.281. The fourth-order valence-corrected chi connectivity index (χ4v) is 4.47. The summed E-state index contributed by atoms with van der Waals surface area (Å²) in [5.74, 6) is 3.22. The number of rotatable bonds is 6. The number of likely N-dealkylation sites (tertiary alicyclic amines) is 1. The van der Waals surface area contributed by atoms with E-state index >= 15 is 0 Å². The second kappa shape index (κ2) is 14.3. The number of nitrogens with one attached hydrogen (secondary N) is 2. The highest BCUT2D eigenvalue weighted by Crippen LogP contribution is 2.26. The number of aromatic nitrogens is 2. The summed E-state index contributed by atoms with van der Waals surface area (Å²) in [5.41, 5.74) is 1.76. The Morgan fingerprint density at radius 2 is 1.95 bits per heavy atom. The summed E-state index contributed by atoms with van der Waals surface area (Å²) in [6.45, 7) is 4.73. The summed E-state index contributed by atoms with van der Waals surface area (Å²) in [5, 5.41) is 3.56. The number of hydrogen-bond donors (Lipinski definition) is 2. The maximum Gasteiger partial charge on any atom is 0.260 e. The second-order valence-corrected chi connectivity index (χ2v) is 9.89. The molecule has 0 bridgehead atoms. The number of fused-ring (bicyclic) bond motifs is 1. The largest absolute Gasteiger partial charge is 0.492 e. The van der Waals surface area contributed by atoms with Gasteiger partial charge in [-0.05, 0) is 80.5 Å². The average molecular weight is 577 g/mol. The minimum atomic E-state index is -1.40. The monoisotopic (exact) mass is 576 g/mol. The van der Waals surface area contributed by atoms with Crippen molar-refractivity contribution in [3.8, 4) is 17.6 Å². The van der Waals surface area contributed by atoms with Crippen LogP contribution in [0.4, 0.5) is 13.2 Å². The molecule has 1 atom stereocenters. The Morgan fingerprint density at radius 1 is 1.17 bits per heavy atom. The first kappa shape index (κ1) is 30.3. The SMILES string of the molecule is CCc1cc(F)c(F)c(F)c1.CN1CCC(COc2ccnc3ccc(C#CCNC(=O)c4ccc[nH]c4=O)cc23)C1. The molecule has 1 saturated heterocycles. The summed E-state index contributed by atoms with van der Waals surface area (Å²) < 4.78 is 43.2. The quantitative estimate of drug-likeness (QED) is 0.257. The van der Waals surface area contributed by atoms with E-state index in [1.165, 1.54) is 12.3 Å². The van der Waals surface area contributed by atoms with Crippen LogP contribution in [0.3, 0.4) is 0 Å². The van der Waals surface area contributed by atoms with Gasteiger partial charge in [0.1, 0.15) is 11.3 Å². The molecule has 4 aromatic rings. The van der Waals surface area contributed by atoms with Crippen molar-refractivity contribution in [3.63, 3.8) is 0 Å². The standard InChI is InChI=1S/C24H24N4O3.C8H7F3/c1-28-13-9-18(15-28)16-31-22-8-12-25-21-7-6-17(14-20(21)22)4-2-10-26-23(29)19-5-3-11-27-24(19)30;1-2-5-3-6(9)8(11)7(10)4-5/h3,5-8,11-12,14,18H,9-10,13,15-16H2,1H3,(H,26,29)(H,27,30);3-4H,2H2,1H3. The van der Waals surface area contributed by atoms with Crippen LogP contribution in [0.1, 0.15) is 34.8 Å². The molecule has 42 heavy (non-hydrogen) atoms. The van der Waals surface area contributed by atoms with Crippen molar-refractivity contribution in [1.82, 2.24) is 20.2 Å². The lowest BCUT2D eigenvalue weighted by Gasteiger charge is -2.13. The number of carbonyl (C=O) groups excluding carboxylic acids is 1. The Labute approximate surface area is 241 Å². The van der Waals surface area contributed by atoms with Crippen LogP contribution < -0.4 is 15.6 Å². The number of aryl methyl sites for hydroxylation is 1. The second-order valence-electron chi connectivity index (χ2n) is 9.89. The van der Waals surface area contributed by atoms with Crippen molar-refractivity contribution in [2.45, 2.75) is 19.8 Å². The summed E-state index contributed by atoms with van der Waals surface area (Å²) in [6, 6.07) is 12.7. The van der Waals surface area contributed by atoms with Gasteiger partial charge in [-0.3, -0.25) is 14.6 Å². The van der Waals surface area contributed by atoms with Gasteiger partial charge in [0, 0.05) is 35.8 Å². The number of pyridine rings is 2. The number of ether oxygens (including phenoxy) is 1. The van der Waals surface area contributed by atoms with Gasteiger partial charge in [0.2, 0.25) is 0 Å². The molecule has 5 rings (SSSR count). The van der Waals surface area contributed by atoms with Crippen LogP contribution in [-0.4, -0.2) is 54.1 Å². The molecule has 0 saturated carbocycles. The predicted octanol–water partition coefficient (Wildman–Crippen LogP) is 4.70. The van der Waals surface area contributed by atoms with E-state index < -0.39 is 28.9 Å². The first-order valence-electron chi connectivity index (χ1n) is 13.5. The van der Waals surface area contributed by atoms with Crippen molar-refractivity contribution in [3.05, 3.63) is 105 Å². The van der Waals surface area contributed by atoms with Crippen LogP contribution in [0.25, 0.3) is 10.9 Å². The average Bonchev–Trinajstić information content (AvgIpc) is 3.42. The molecule has 0 aliphatic carbocycles. The highest BCUT2D eigenvalue weighted by atomic mass is 19.2. The van der Waals surface area contributed by atoms with E-state index in [0.717, 1.165) is 53.9 Å². The third-order valence-corrected chi connectivity index (χ3v) is 6.75. The molecule has 218 valence electrons. The van der Waals surface area contributed by atoms with Crippen LogP contribution in [0.2, 0.25) is 0 Å². The Balaban J connectivity index is 0.000000310. The lowest BCUT2D eigenvalue weighted by atomic mass is 10.1. The molecule has 2 N–H and O–H groups in total. The lowest BCUT2D eigenvalue weighted by Crippen LogP contribution is -2.29. The Bertz CT molecular complexity index is 1660. The first-order valence-corrected chi connectivity index (χ1v) is 13.5. The van der Waals surface area contributed by atoms with Crippen molar-refractivity contribution < 1.29 is 22.7 Å². The van der Waals surface area contributed by atoms with Crippen molar-refractivity contribution in [1.29, 1.82) is 0 Å². The number of halogens is 3. The third-order valence-electron chi connectivity index (χ3n) is 6.75. The van der Waals surface area contributed by atoms with Gasteiger partial charge in [0.15, 0.2) is 17.5 Å². The van der Waals surface area contributed by atoms with Gasteiger partial charge in [-0.2, -0.15) is 0 Å². The molecule has 1 amide bonds. The number of aromatic amines is 1. The number of H-pyrrole nitrogens is 1. The van der Waals surface area contributed by atoms with Crippen LogP contribution in [-0.2, 0) is 6.42 Å². The number of amides is 1. The van der Waals surface area contributed by atoms with Crippen molar-refractivity contribution >= 4 is 16.8 Å². The molecule has 1 fully saturated rings. The molecule has 2 aromatic heterocycles.